The van der Waals surface area contributed by atoms with Gasteiger partial charge in [-0.05, 0) is 171 Å². The summed E-state index contributed by atoms with van der Waals surface area (Å²) in [5, 5.41) is 4.12. The van der Waals surface area contributed by atoms with Crippen molar-refractivity contribution < 1.29 is 38.4 Å². The first kappa shape index (κ1) is 62.3. The molecule has 0 amide bonds. The van der Waals surface area contributed by atoms with Crippen molar-refractivity contribution in [2.45, 2.75) is 103 Å². The summed E-state index contributed by atoms with van der Waals surface area (Å²) in [6.45, 7) is 2.64. The molecule has 0 spiro atoms. The smallest absolute Gasteiger partial charge is 0.494 e. The van der Waals surface area contributed by atoms with Crippen LogP contribution in [-0.4, -0.2) is 67.7 Å². The van der Waals surface area contributed by atoms with Crippen molar-refractivity contribution in [2.24, 2.45) is 0 Å². The number of ether oxygens (including phenoxy) is 4. The van der Waals surface area contributed by atoms with Gasteiger partial charge in [0.15, 0.2) is 0 Å². The number of rotatable bonds is 32. The number of nitrogens with one attached hydrogen (secondary N) is 2. The standard InChI is InChI=1S/C68H74Br4N4O4.Zn/c69-37-9-1-5-13-41-77-53-25-17-21-49(45-53)65-57-29-31-59(73-57)66(50-22-18-26-54(46-50)78-42-14-6-2-10-38-70)61-33-35-63(75-61)68(52-24-20-28-56(48-52)80-44-16-8-4-12-40-72)64-36-34-62(76-64)67(60-32-30-58(65)74-60)51-23-19-27-55(47-51)79-43-15-7-3-11-39-71;/h17-36,45-48,73,76H,1-16,37-44H2;/q;+2. The number of halogens is 4. The van der Waals surface area contributed by atoms with Gasteiger partial charge >= 0.3 is 19.5 Å². The Kier molecular flexibility index (Phi) is 25.8. The molecular weight excluding hydrogens is 1320 g/mol. The van der Waals surface area contributed by atoms with Gasteiger partial charge in [0.25, 0.3) is 0 Å². The number of H-pyrrole nitrogens is 2. The van der Waals surface area contributed by atoms with Crippen LogP contribution >= 0.6 is 63.7 Å². The van der Waals surface area contributed by atoms with E-state index in [1.807, 2.05) is 0 Å². The number of unbranched alkanes of at least 4 members (excludes halogenated alkanes) is 12. The molecule has 2 aliphatic heterocycles. The molecule has 7 aromatic rings. The predicted molar refractivity (Wildman–Crippen MR) is 352 cm³/mol. The number of nitrogens with zero attached hydrogens (tertiary/aromatic N) is 2. The fourth-order valence-corrected chi connectivity index (χ4v) is 11.9. The van der Waals surface area contributed by atoms with Crippen LogP contribution in [0, 0.1) is 0 Å². The Morgan fingerprint density at radius 3 is 0.765 bits per heavy atom. The predicted octanol–water partition coefficient (Wildman–Crippen LogP) is 20.7. The van der Waals surface area contributed by atoms with E-state index in [0.717, 1.165) is 185 Å². The average molecular weight is 1400 g/mol. The number of alkyl halides is 4. The Morgan fingerprint density at radius 1 is 0.296 bits per heavy atom. The van der Waals surface area contributed by atoms with Gasteiger partial charge in [0, 0.05) is 65.6 Å². The van der Waals surface area contributed by atoms with Gasteiger partial charge in [0.05, 0.1) is 49.2 Å². The van der Waals surface area contributed by atoms with Crippen LogP contribution in [0.4, 0.5) is 0 Å². The van der Waals surface area contributed by atoms with Crippen molar-refractivity contribution in [1.29, 1.82) is 0 Å². The summed E-state index contributed by atoms with van der Waals surface area (Å²) in [6, 6.07) is 42.6. The van der Waals surface area contributed by atoms with Gasteiger partial charge in [0.2, 0.25) is 0 Å². The molecule has 81 heavy (non-hydrogen) atoms. The van der Waals surface area contributed by atoms with Gasteiger partial charge in [-0.25, -0.2) is 9.97 Å². The maximum Gasteiger partial charge on any atom is 2.00 e. The molecule has 8 nitrogen and oxygen atoms in total. The number of hydrogen-bond acceptors (Lipinski definition) is 6. The van der Waals surface area contributed by atoms with Crippen molar-refractivity contribution in [3.05, 3.63) is 144 Å². The SMILES string of the molecule is BrCCCCCCOc1cccc(-c2c3nc(c(-c4cccc(OCCCCCCBr)c4)c4ccc([nH]4)c(-c4cccc(OCCCCCCBr)c4)c4nc(c(-c5cccc(OCCCCCCBr)c5)c5ccc2[nH]5)C=C4)C=C3)c1.[Zn+2]. The second-order valence-corrected chi connectivity index (χ2v) is 23.6. The molecule has 0 fully saturated rings. The Hall–Kier alpha value is -4.78. The van der Waals surface area contributed by atoms with E-state index >= 15 is 0 Å². The maximum atomic E-state index is 6.46. The second kappa shape index (κ2) is 33.5. The quantitative estimate of drug-likeness (QED) is 0.0248. The van der Waals surface area contributed by atoms with Crippen LogP contribution in [0.15, 0.2) is 121 Å². The topological polar surface area (TPSA) is 94.3 Å². The third-order valence-electron chi connectivity index (χ3n) is 14.4. The van der Waals surface area contributed by atoms with Gasteiger partial charge < -0.3 is 28.9 Å². The van der Waals surface area contributed by atoms with E-state index in [2.05, 4.69) is 219 Å². The van der Waals surface area contributed by atoms with E-state index in [1.54, 1.807) is 0 Å². The van der Waals surface area contributed by atoms with Crippen LogP contribution in [-0.2, 0) is 19.5 Å². The van der Waals surface area contributed by atoms with Gasteiger partial charge in [-0.2, -0.15) is 0 Å². The number of benzene rings is 4. The molecule has 9 rings (SSSR count). The number of aromatic amines is 2. The van der Waals surface area contributed by atoms with Crippen LogP contribution in [0.25, 0.3) is 90.9 Å². The maximum absolute atomic E-state index is 6.46. The Labute approximate surface area is 526 Å². The first-order valence-electron chi connectivity index (χ1n) is 28.9. The molecule has 0 saturated heterocycles. The third kappa shape index (κ3) is 17.6. The van der Waals surface area contributed by atoms with Gasteiger partial charge in [-0.15, -0.1) is 0 Å². The number of fused-ring (bicyclic) bond motifs is 8. The first-order valence-corrected chi connectivity index (χ1v) is 33.3. The summed E-state index contributed by atoms with van der Waals surface area (Å²) in [5.74, 6) is 3.33. The Bertz CT molecular complexity index is 2930. The van der Waals surface area contributed by atoms with E-state index in [9.17, 15) is 0 Å². The van der Waals surface area contributed by atoms with E-state index in [4.69, 9.17) is 28.9 Å². The Morgan fingerprint density at radius 2 is 0.531 bits per heavy atom. The van der Waals surface area contributed by atoms with Crippen LogP contribution < -0.4 is 18.9 Å². The summed E-state index contributed by atoms with van der Waals surface area (Å²) in [4.78, 5) is 19.1. The fraction of sp³-hybridized carbons (Fsp3) is 0.353. The summed E-state index contributed by atoms with van der Waals surface area (Å²) in [7, 11) is 0. The monoisotopic (exact) mass is 1390 g/mol. The molecule has 2 aliphatic rings. The summed E-state index contributed by atoms with van der Waals surface area (Å²) in [5.41, 5.74) is 14.9. The van der Waals surface area contributed by atoms with E-state index in [0.29, 0.717) is 26.4 Å². The molecular formula is C68H74Br4N4O4Zn+2. The molecule has 0 atom stereocenters. The molecule has 13 heteroatoms. The molecule has 5 heterocycles. The Balaban J connectivity index is 0.00000860. The second-order valence-electron chi connectivity index (χ2n) is 20.4. The van der Waals surface area contributed by atoms with E-state index in [-0.39, 0.29) is 19.5 Å². The normalized spacial score (nSPS) is 11.7. The molecule has 0 saturated carbocycles. The molecule has 0 unspecified atom stereocenters. The molecule has 8 bridgehead atoms. The van der Waals surface area contributed by atoms with Crippen molar-refractivity contribution in [3.8, 4) is 67.5 Å². The summed E-state index contributed by atoms with van der Waals surface area (Å²) in [6.07, 6.45) is 26.6. The number of aromatic nitrogens is 4. The average Bonchev–Trinajstić information content (AvgIpc) is 4.36. The fourth-order valence-electron chi connectivity index (χ4n) is 10.3. The first-order chi connectivity index (χ1) is 39.5. The van der Waals surface area contributed by atoms with Crippen LogP contribution in [0.1, 0.15) is 126 Å². The largest absolute Gasteiger partial charge is 2.00 e. The third-order valence-corrected chi connectivity index (χ3v) is 16.7. The zero-order chi connectivity index (χ0) is 55.1. The molecule has 0 aliphatic carbocycles. The van der Waals surface area contributed by atoms with Crippen molar-refractivity contribution in [1.82, 2.24) is 19.9 Å². The summed E-state index contributed by atoms with van der Waals surface area (Å²) < 4.78 is 25.8. The molecule has 4 aromatic carbocycles. The van der Waals surface area contributed by atoms with Gasteiger partial charge in [-0.1, -0.05) is 164 Å². The van der Waals surface area contributed by atoms with Gasteiger partial charge in [-0.3, -0.25) is 0 Å². The van der Waals surface area contributed by atoms with Crippen molar-refractivity contribution in [3.63, 3.8) is 0 Å². The molecule has 0 radical (unpaired) electrons. The minimum atomic E-state index is 0. The summed E-state index contributed by atoms with van der Waals surface area (Å²) >= 11 is 14.3. The van der Waals surface area contributed by atoms with Gasteiger partial charge in [0.1, 0.15) is 23.0 Å². The molecule has 2 N–H and O–H groups in total. The molecule has 418 valence electrons. The number of hydrogen-bond donors (Lipinski definition) is 2. The zero-order valence-electron chi connectivity index (χ0n) is 46.6. The van der Waals surface area contributed by atoms with Crippen molar-refractivity contribution in [2.75, 3.05) is 47.7 Å². The van der Waals surface area contributed by atoms with E-state index < -0.39 is 0 Å². The van der Waals surface area contributed by atoms with Crippen LogP contribution in [0.5, 0.6) is 23.0 Å². The minimum absolute atomic E-state index is 0. The minimum Gasteiger partial charge on any atom is -0.494 e. The zero-order valence-corrected chi connectivity index (χ0v) is 55.9. The van der Waals surface area contributed by atoms with Crippen LogP contribution in [0.3, 0.4) is 0 Å². The molecule has 3 aromatic heterocycles. The van der Waals surface area contributed by atoms with E-state index in [1.165, 1.54) is 51.4 Å². The van der Waals surface area contributed by atoms with Crippen molar-refractivity contribution >= 4 is 110 Å². The van der Waals surface area contributed by atoms with Crippen LogP contribution in [0.2, 0.25) is 0 Å².